The van der Waals surface area contributed by atoms with Gasteiger partial charge in [0.2, 0.25) is 0 Å². The van der Waals surface area contributed by atoms with Gasteiger partial charge in [-0.05, 0) is 11.8 Å². The van der Waals surface area contributed by atoms with Gasteiger partial charge in [-0.2, -0.15) is 0 Å². The fourth-order valence-electron chi connectivity index (χ4n) is 0. The van der Waals surface area contributed by atoms with E-state index in [9.17, 15) is 4.79 Å². The van der Waals surface area contributed by atoms with Crippen molar-refractivity contribution in [1.82, 2.24) is 0 Å². The molecule has 0 spiro atoms. The number of hydrogen-bond acceptors (Lipinski definition) is 2. The van der Waals surface area contributed by atoms with Crippen molar-refractivity contribution in [3.8, 4) is 0 Å². The number of carbonyl (C=O) groups is 1. The van der Waals surface area contributed by atoms with Crippen LogP contribution in [0.2, 0.25) is 0 Å². The van der Waals surface area contributed by atoms with Crippen molar-refractivity contribution in [3.63, 3.8) is 0 Å². The first kappa shape index (κ1) is 7.04. The van der Waals surface area contributed by atoms with Crippen molar-refractivity contribution in [2.75, 3.05) is 0 Å². The molecule has 0 heterocycles. The van der Waals surface area contributed by atoms with Crippen LogP contribution in [0.15, 0.2) is 0 Å². The van der Waals surface area contributed by atoms with Gasteiger partial charge in [0.15, 0.2) is 0 Å². The smallest absolute Gasteiger partial charge is 0.387 e. The molecule has 0 saturated heterocycles. The Hall–Kier alpha value is 0.0400. The summed E-state index contributed by atoms with van der Waals surface area (Å²) < 4.78 is 0. The molecule has 0 aromatic heterocycles. The summed E-state index contributed by atoms with van der Waals surface area (Å²) in [6, 6.07) is 0. The van der Waals surface area contributed by atoms with Gasteiger partial charge in [0.1, 0.15) is 0 Å². The highest BCUT2D eigenvalue weighted by atomic mass is 32.5. The van der Waals surface area contributed by atoms with Gasteiger partial charge in [-0.1, -0.05) is 0 Å². The summed E-state index contributed by atoms with van der Waals surface area (Å²) in [5.74, 6) is 0. The molecule has 3 N–H and O–H groups in total. The summed E-state index contributed by atoms with van der Waals surface area (Å²) in [6.07, 6.45) is 0. The van der Waals surface area contributed by atoms with Crippen molar-refractivity contribution < 1.29 is 19.7 Å². The van der Waals surface area contributed by atoms with Crippen molar-refractivity contribution in [1.29, 1.82) is 0 Å². The Balaban J connectivity index is 4.09. The van der Waals surface area contributed by atoms with Gasteiger partial charge < -0.3 is 14.9 Å². The van der Waals surface area contributed by atoms with Gasteiger partial charge in [0.05, 0.1) is 0 Å². The molecule has 0 aromatic rings. The highest BCUT2D eigenvalue weighted by Gasteiger charge is 2.17. The second-order valence-electron chi connectivity index (χ2n) is 0.827. The van der Waals surface area contributed by atoms with Crippen LogP contribution in [-0.4, -0.2) is 20.6 Å². The van der Waals surface area contributed by atoms with E-state index >= 15 is 0 Å². The summed E-state index contributed by atoms with van der Waals surface area (Å²) in [5.41, 5.74) is -1.72. The second kappa shape index (κ2) is 1.88. The summed E-state index contributed by atoms with van der Waals surface area (Å²) >= 11 is 3.73. The van der Waals surface area contributed by atoms with E-state index < -0.39 is 12.2 Å². The van der Waals surface area contributed by atoms with Gasteiger partial charge in [-0.25, -0.2) is 4.79 Å². The van der Waals surface area contributed by atoms with Gasteiger partial charge >= 0.3 is 5.71 Å². The molecule has 0 rings (SSSR count). The number of rotatable bonds is 1. The van der Waals surface area contributed by atoms with Crippen LogP contribution in [0.5, 0.6) is 0 Å². The quantitative estimate of drug-likeness (QED) is 0.447. The zero-order chi connectivity index (χ0) is 6.08. The number of carboxylic acid groups (broad SMARTS) is 1. The molecule has 0 aliphatic heterocycles. The molecular weight excluding hydrogens is 139 g/mol. The van der Waals surface area contributed by atoms with Gasteiger partial charge in [-0.3, -0.25) is 0 Å². The largest absolute Gasteiger partial charge is 0.474 e. The van der Waals surface area contributed by atoms with Crippen molar-refractivity contribution >= 4 is 24.0 Å². The Morgan fingerprint density at radius 2 is 1.71 bits per heavy atom. The average molecular weight is 142 g/mol. The fraction of sp³-hybridized carbons (Fsp3) is 0. The zero-order valence-electron chi connectivity index (χ0n) is 3.11. The second-order valence-corrected chi connectivity index (χ2v) is 3.82. The van der Waals surface area contributed by atoms with Crippen LogP contribution in [0.1, 0.15) is 0 Å². The Kier molecular flexibility index (Phi) is 1.89. The molecule has 42 valence electrons. The van der Waals surface area contributed by atoms with Crippen LogP contribution in [0.25, 0.3) is 0 Å². The van der Waals surface area contributed by atoms with Crippen LogP contribution < -0.4 is 0 Å². The van der Waals surface area contributed by atoms with E-state index in [0.29, 0.717) is 0 Å². The van der Waals surface area contributed by atoms with E-state index in [1.54, 1.807) is 0 Å². The lowest BCUT2D eigenvalue weighted by molar-refractivity contribution is 0.214. The summed E-state index contributed by atoms with van der Waals surface area (Å²) in [4.78, 5) is 25.4. The first-order valence-electron chi connectivity index (χ1n) is 1.23. The molecule has 0 radical (unpaired) electrons. The molecule has 0 saturated carbocycles. The predicted octanol–water partition coefficient (Wildman–Crippen LogP) is -0.0415. The van der Waals surface area contributed by atoms with E-state index in [2.05, 4.69) is 11.8 Å². The normalized spacial score (nSPS) is 11.1. The standard InChI is InChI=1S/CH3O4PS/c2-1(3)6(4,5)7/h(H,2,3)(H2,4,5,7). The monoisotopic (exact) mass is 142 g/mol. The molecule has 0 aliphatic rings. The minimum Gasteiger partial charge on any atom is -0.474 e. The lowest BCUT2D eigenvalue weighted by Crippen LogP contribution is -1.90. The van der Waals surface area contributed by atoms with Crippen LogP contribution >= 0.6 is 6.49 Å². The fourth-order valence-corrected chi connectivity index (χ4v) is 0. The topological polar surface area (TPSA) is 77.8 Å². The molecule has 6 heteroatoms. The van der Waals surface area contributed by atoms with Crippen LogP contribution in [0, 0.1) is 0 Å². The van der Waals surface area contributed by atoms with E-state index in [-0.39, 0.29) is 0 Å². The maximum atomic E-state index is 9.47. The molecule has 0 amide bonds. The van der Waals surface area contributed by atoms with Gasteiger partial charge in [-0.15, -0.1) is 0 Å². The maximum Gasteiger partial charge on any atom is 0.387 e. The minimum atomic E-state index is -3.99. The van der Waals surface area contributed by atoms with Gasteiger partial charge in [0.25, 0.3) is 6.49 Å². The SMILES string of the molecule is O=C(O)P(O)(O)=S. The molecule has 0 aliphatic carbocycles. The van der Waals surface area contributed by atoms with E-state index in [1.807, 2.05) is 0 Å². The third-order valence-corrected chi connectivity index (χ3v) is 1.22. The third kappa shape index (κ3) is 2.70. The Labute approximate surface area is 44.6 Å². The summed E-state index contributed by atoms with van der Waals surface area (Å²) in [6.45, 7) is -3.99. The predicted molar refractivity (Wildman–Crippen MR) is 26.7 cm³/mol. The molecular formula is CH3O4PS. The molecule has 0 fully saturated rings. The molecule has 4 nitrogen and oxygen atoms in total. The van der Waals surface area contributed by atoms with Crippen LogP contribution in [-0.2, 0) is 11.8 Å². The molecule has 0 atom stereocenters. The van der Waals surface area contributed by atoms with Crippen molar-refractivity contribution in [2.24, 2.45) is 0 Å². The first-order valence-corrected chi connectivity index (χ1v) is 3.94. The highest BCUT2D eigenvalue weighted by molar-refractivity contribution is 8.16. The average Bonchev–Trinajstić information content (AvgIpc) is 1.31. The van der Waals surface area contributed by atoms with Crippen LogP contribution in [0.4, 0.5) is 4.79 Å². The van der Waals surface area contributed by atoms with E-state index in [4.69, 9.17) is 14.9 Å². The highest BCUT2D eigenvalue weighted by Crippen LogP contribution is 2.34. The minimum absolute atomic E-state index is 1.72. The zero-order valence-corrected chi connectivity index (χ0v) is 4.82. The third-order valence-electron chi connectivity index (χ3n) is 0.249. The van der Waals surface area contributed by atoms with Crippen molar-refractivity contribution in [3.05, 3.63) is 0 Å². The first-order chi connectivity index (χ1) is 2.94. The van der Waals surface area contributed by atoms with Crippen LogP contribution in [0.3, 0.4) is 0 Å². The Morgan fingerprint density at radius 1 is 1.57 bits per heavy atom. The molecule has 0 unspecified atom stereocenters. The summed E-state index contributed by atoms with van der Waals surface area (Å²) in [5, 5.41) is 7.70. The van der Waals surface area contributed by atoms with E-state index in [1.165, 1.54) is 0 Å². The lowest BCUT2D eigenvalue weighted by atomic mass is 11.6. The van der Waals surface area contributed by atoms with Gasteiger partial charge in [0, 0.05) is 0 Å². The van der Waals surface area contributed by atoms with E-state index in [0.717, 1.165) is 0 Å². The van der Waals surface area contributed by atoms with Crippen molar-refractivity contribution in [2.45, 2.75) is 0 Å². The molecule has 0 bridgehead atoms. The Morgan fingerprint density at radius 3 is 1.71 bits per heavy atom. The molecule has 7 heavy (non-hydrogen) atoms. The summed E-state index contributed by atoms with van der Waals surface area (Å²) in [7, 11) is 0. The molecule has 0 aromatic carbocycles. The lowest BCUT2D eigenvalue weighted by Gasteiger charge is -1.94. The maximum absolute atomic E-state index is 9.47. The Bertz CT molecular complexity index is 124. The number of hydrogen-bond donors (Lipinski definition) is 3.